The summed E-state index contributed by atoms with van der Waals surface area (Å²) >= 11 is 1.46. The molecule has 96 valence electrons. The molecule has 0 aliphatic carbocycles. The Labute approximate surface area is 112 Å². The number of oxazole rings is 1. The summed E-state index contributed by atoms with van der Waals surface area (Å²) < 4.78 is 13.0. The van der Waals surface area contributed by atoms with Crippen molar-refractivity contribution in [3.05, 3.63) is 60.8 Å². The zero-order chi connectivity index (χ0) is 13.2. The normalized spacial score (nSPS) is 9.05. The van der Waals surface area contributed by atoms with E-state index in [9.17, 15) is 0 Å². The summed E-state index contributed by atoms with van der Waals surface area (Å²) in [6, 6.07) is 9.57. The van der Waals surface area contributed by atoms with E-state index in [4.69, 9.17) is 4.42 Å². The Bertz CT molecular complexity index is 558. The molecule has 0 unspecified atom stereocenters. The highest BCUT2D eigenvalue weighted by Crippen LogP contribution is 2.09. The first-order valence-corrected chi connectivity index (χ1v) is 6.14. The van der Waals surface area contributed by atoms with Gasteiger partial charge in [0.15, 0.2) is 12.0 Å². The zero-order valence-electron chi connectivity index (χ0n) is 9.79. The summed E-state index contributed by atoms with van der Waals surface area (Å²) in [5.41, 5.74) is 1.76. The number of hydrogen-bond donors (Lipinski definition) is 0. The van der Waals surface area contributed by atoms with Crippen LogP contribution in [-0.2, 0) is 0 Å². The van der Waals surface area contributed by atoms with Crippen molar-refractivity contribution in [3.63, 3.8) is 0 Å². The Morgan fingerprint density at radius 1 is 1.05 bits per heavy atom. The number of nitrogens with zero attached hydrogens (tertiary/aromatic N) is 4. The quantitative estimate of drug-likeness (QED) is 0.490. The molecule has 3 aromatic heterocycles. The molecule has 4 rings (SSSR count). The Hall–Kier alpha value is -2.54. The van der Waals surface area contributed by atoms with E-state index in [0.29, 0.717) is 0 Å². The second-order valence-corrected chi connectivity index (χ2v) is 3.79. The van der Waals surface area contributed by atoms with Crippen LogP contribution >= 0.6 is 11.5 Å². The van der Waals surface area contributed by atoms with Crippen LogP contribution in [0.1, 0.15) is 0 Å². The minimum absolute atomic E-state index is 0.845. The first-order valence-electron chi connectivity index (χ1n) is 5.30. The third kappa shape index (κ3) is 4.68. The van der Waals surface area contributed by atoms with E-state index >= 15 is 0 Å². The van der Waals surface area contributed by atoms with Crippen LogP contribution in [0, 0.1) is 0 Å². The number of fused-ring (bicyclic) bond motifs is 1. The van der Waals surface area contributed by atoms with Gasteiger partial charge in [0.2, 0.25) is 0 Å². The Balaban J connectivity index is 0.000000114. The monoisotopic (exact) mass is 274 g/mol. The fourth-order valence-corrected chi connectivity index (χ4v) is 1.47. The van der Waals surface area contributed by atoms with E-state index in [1.807, 2.05) is 35.7 Å². The minimum atomic E-state index is 0.845. The maximum absolute atomic E-state index is 5.01. The Morgan fingerprint density at radius 3 is 2.53 bits per heavy atom. The minimum Gasteiger partial charge on any atom is -0.443 e. The standard InChI is InChI=1S/C7H5NO.C3H3NS.C2H2N2O/c1-2-4-7-6(3-1)8-5-9-7;1-2-4-5-3-1;1-2-5-4-3-1/h1-5H;1-3H;1-2H. The van der Waals surface area contributed by atoms with Crippen LogP contribution in [0.4, 0.5) is 0 Å². The average Bonchev–Trinajstić information content (AvgIpc) is 3.22. The second kappa shape index (κ2) is 7.72. The molecule has 19 heavy (non-hydrogen) atoms. The van der Waals surface area contributed by atoms with Gasteiger partial charge in [0.1, 0.15) is 11.8 Å². The maximum Gasteiger partial charge on any atom is 0.181 e. The molecule has 0 N–H and O–H groups in total. The molecule has 1 aromatic carbocycles. The van der Waals surface area contributed by atoms with Gasteiger partial charge in [-0.3, -0.25) is 0 Å². The molecule has 0 saturated carbocycles. The largest absolute Gasteiger partial charge is 0.443 e. The summed E-state index contributed by atoms with van der Waals surface area (Å²) in [5, 5.41) is 8.33. The first kappa shape index (κ1) is 12.9. The van der Waals surface area contributed by atoms with Crippen molar-refractivity contribution in [2.45, 2.75) is 0 Å². The van der Waals surface area contributed by atoms with Gasteiger partial charge in [-0.05, 0) is 29.7 Å². The summed E-state index contributed by atoms with van der Waals surface area (Å²) in [7, 11) is 0. The van der Waals surface area contributed by atoms with Crippen LogP contribution < -0.4 is 0 Å². The molecule has 0 spiro atoms. The maximum atomic E-state index is 5.01. The predicted octanol–water partition coefficient (Wildman–Crippen LogP) is 3.04. The summed E-state index contributed by atoms with van der Waals surface area (Å²) in [6.07, 6.45) is 6.09. The fourth-order valence-electron chi connectivity index (χ4n) is 1.12. The van der Waals surface area contributed by atoms with Gasteiger partial charge < -0.3 is 8.94 Å². The molecule has 6 nitrogen and oxygen atoms in total. The van der Waals surface area contributed by atoms with Gasteiger partial charge in [-0.1, -0.05) is 12.1 Å². The van der Waals surface area contributed by atoms with Crippen molar-refractivity contribution in [2.24, 2.45) is 0 Å². The molecular formula is C12H10N4O2S. The van der Waals surface area contributed by atoms with E-state index in [0.717, 1.165) is 11.1 Å². The van der Waals surface area contributed by atoms with Crippen molar-refractivity contribution in [1.29, 1.82) is 0 Å². The topological polar surface area (TPSA) is 77.8 Å². The fraction of sp³-hybridized carbons (Fsp3) is 0. The smallest absolute Gasteiger partial charge is 0.181 e. The molecule has 0 aliphatic heterocycles. The zero-order valence-corrected chi connectivity index (χ0v) is 10.6. The second-order valence-electron chi connectivity index (χ2n) is 3.10. The Morgan fingerprint density at radius 2 is 2.00 bits per heavy atom. The van der Waals surface area contributed by atoms with Crippen LogP contribution in [-0.4, -0.2) is 19.7 Å². The van der Waals surface area contributed by atoms with Gasteiger partial charge >= 0.3 is 0 Å². The van der Waals surface area contributed by atoms with Crippen LogP contribution in [0.5, 0.6) is 0 Å². The van der Waals surface area contributed by atoms with Crippen molar-refractivity contribution < 1.29 is 8.94 Å². The van der Waals surface area contributed by atoms with E-state index in [-0.39, 0.29) is 0 Å². The van der Waals surface area contributed by atoms with Crippen LogP contribution in [0.3, 0.4) is 0 Å². The lowest BCUT2D eigenvalue weighted by Gasteiger charge is -1.79. The molecule has 4 aromatic rings. The summed E-state index contributed by atoms with van der Waals surface area (Å²) in [5.74, 6) is 0. The lowest BCUT2D eigenvalue weighted by atomic mass is 10.3. The Kier molecular flexibility index (Phi) is 5.24. The van der Waals surface area contributed by atoms with Crippen molar-refractivity contribution in [3.8, 4) is 0 Å². The molecule has 0 radical (unpaired) electrons. The van der Waals surface area contributed by atoms with Gasteiger partial charge in [0.05, 0.1) is 6.20 Å². The van der Waals surface area contributed by atoms with E-state index in [1.165, 1.54) is 30.4 Å². The lowest BCUT2D eigenvalue weighted by Crippen LogP contribution is -1.61. The number of benzene rings is 1. The van der Waals surface area contributed by atoms with Gasteiger partial charge in [0.25, 0.3) is 0 Å². The van der Waals surface area contributed by atoms with Crippen molar-refractivity contribution >= 4 is 22.6 Å². The third-order valence-electron chi connectivity index (χ3n) is 1.87. The van der Waals surface area contributed by atoms with Crippen LogP contribution in [0.2, 0.25) is 0 Å². The van der Waals surface area contributed by atoms with Crippen molar-refractivity contribution in [1.82, 2.24) is 19.7 Å². The molecule has 0 amide bonds. The highest BCUT2D eigenvalue weighted by Gasteiger charge is 1.91. The van der Waals surface area contributed by atoms with Gasteiger partial charge in [-0.15, -0.1) is 5.10 Å². The third-order valence-corrected chi connectivity index (χ3v) is 2.39. The molecule has 7 heteroatoms. The molecule has 0 aliphatic rings. The molecule has 0 saturated heterocycles. The average molecular weight is 274 g/mol. The van der Waals surface area contributed by atoms with Gasteiger partial charge in [-0.2, -0.15) is 0 Å². The number of aromatic nitrogens is 4. The molecule has 0 fully saturated rings. The number of rotatable bonds is 0. The van der Waals surface area contributed by atoms with E-state index in [1.54, 1.807) is 6.20 Å². The van der Waals surface area contributed by atoms with Gasteiger partial charge in [0, 0.05) is 16.8 Å². The number of hydrogen-bond acceptors (Lipinski definition) is 7. The van der Waals surface area contributed by atoms with Crippen LogP contribution in [0.15, 0.2) is 69.7 Å². The predicted molar refractivity (Wildman–Crippen MR) is 70.4 cm³/mol. The SMILES string of the molecule is c1ccc2ocnc2c1.c1cnsc1.c1conn1. The van der Waals surface area contributed by atoms with Crippen LogP contribution in [0.25, 0.3) is 11.1 Å². The van der Waals surface area contributed by atoms with E-state index < -0.39 is 0 Å². The lowest BCUT2D eigenvalue weighted by molar-refractivity contribution is 0.393. The van der Waals surface area contributed by atoms with Gasteiger partial charge in [-0.25, -0.2) is 9.36 Å². The summed E-state index contributed by atoms with van der Waals surface area (Å²) in [4.78, 5) is 3.95. The molecular weight excluding hydrogens is 264 g/mol. The van der Waals surface area contributed by atoms with E-state index in [2.05, 4.69) is 24.3 Å². The van der Waals surface area contributed by atoms with Crippen molar-refractivity contribution in [2.75, 3.05) is 0 Å². The molecule has 0 atom stereocenters. The highest BCUT2D eigenvalue weighted by molar-refractivity contribution is 7.03. The number of para-hydroxylation sites is 2. The molecule has 0 bridgehead atoms. The first-order chi connectivity index (χ1) is 9.47. The highest BCUT2D eigenvalue weighted by atomic mass is 32.1. The summed E-state index contributed by atoms with van der Waals surface area (Å²) in [6.45, 7) is 0. The molecule has 3 heterocycles.